The molecule has 0 saturated heterocycles. The molecule has 0 aliphatic heterocycles. The fourth-order valence-corrected chi connectivity index (χ4v) is 5.05. The van der Waals surface area contributed by atoms with Gasteiger partial charge in [-0.2, -0.15) is 4.98 Å². The fourth-order valence-electron chi connectivity index (χ4n) is 4.75. The summed E-state index contributed by atoms with van der Waals surface area (Å²) in [4.78, 5) is 46.6. The van der Waals surface area contributed by atoms with Crippen molar-refractivity contribution >= 4 is 46.3 Å². The Kier molecular flexibility index (Phi) is 10.1. The molecule has 2 aromatic carbocycles. The summed E-state index contributed by atoms with van der Waals surface area (Å²) < 4.78 is 12.3. The van der Waals surface area contributed by atoms with E-state index in [-0.39, 0.29) is 41.8 Å². The van der Waals surface area contributed by atoms with Crippen LogP contribution in [0, 0.1) is 6.92 Å². The molecule has 0 fully saturated rings. The first-order valence-corrected chi connectivity index (χ1v) is 14.8. The van der Waals surface area contributed by atoms with E-state index in [1.165, 1.54) is 6.07 Å². The lowest BCUT2D eigenvalue weighted by atomic mass is 10.1. The van der Waals surface area contributed by atoms with E-state index in [1.54, 1.807) is 49.3 Å². The Morgan fingerprint density at radius 3 is 2.49 bits per heavy atom. The Bertz CT molecular complexity index is 1660. The Hall–Kier alpha value is -3.89. The van der Waals surface area contributed by atoms with Crippen LogP contribution < -0.4 is 10.9 Å². The van der Waals surface area contributed by atoms with Crippen molar-refractivity contribution in [3.8, 4) is 0 Å². The molecule has 1 N–H and O–H groups in total. The number of rotatable bonds is 10. The van der Waals surface area contributed by atoms with Crippen molar-refractivity contribution in [3.63, 3.8) is 0 Å². The summed E-state index contributed by atoms with van der Waals surface area (Å²) >= 11 is 12.4. The van der Waals surface area contributed by atoms with Gasteiger partial charge in [-0.3, -0.25) is 14.2 Å². The Morgan fingerprint density at radius 1 is 1.12 bits per heavy atom. The highest BCUT2D eigenvalue weighted by molar-refractivity contribution is 6.42. The minimum absolute atomic E-state index is 0.105. The van der Waals surface area contributed by atoms with Gasteiger partial charge < -0.3 is 19.5 Å². The number of halogens is 2. The van der Waals surface area contributed by atoms with Gasteiger partial charge >= 0.3 is 6.09 Å². The van der Waals surface area contributed by atoms with Crippen molar-refractivity contribution in [2.45, 2.75) is 65.6 Å². The molecule has 10 nitrogen and oxygen atoms in total. The minimum atomic E-state index is -0.644. The predicted molar refractivity (Wildman–Crippen MR) is 166 cm³/mol. The summed E-state index contributed by atoms with van der Waals surface area (Å²) in [6.07, 6.45) is 0.272. The second-order valence-electron chi connectivity index (χ2n) is 11.1. The zero-order valence-electron chi connectivity index (χ0n) is 24.8. The number of carbonyl (C=O) groups excluding carboxylic acids is 2. The molecule has 1 atom stereocenters. The summed E-state index contributed by atoms with van der Waals surface area (Å²) in [5.74, 6) is 0.0190. The summed E-state index contributed by atoms with van der Waals surface area (Å²) in [7, 11) is 0. The highest BCUT2D eigenvalue weighted by Crippen LogP contribution is 2.29. The summed E-state index contributed by atoms with van der Waals surface area (Å²) in [5, 5.41) is 7.56. The molecule has 0 bridgehead atoms. The minimum Gasteiger partial charge on any atom is -0.444 e. The lowest BCUT2D eigenvalue weighted by molar-refractivity contribution is 0.0523. The highest BCUT2D eigenvalue weighted by atomic mass is 35.5. The first-order chi connectivity index (χ1) is 20.4. The largest absolute Gasteiger partial charge is 0.444 e. The number of aryl methyl sites for hydroxylation is 1. The Balaban J connectivity index is 1.75. The maximum Gasteiger partial charge on any atom is 0.407 e. The van der Waals surface area contributed by atoms with Crippen molar-refractivity contribution in [2.75, 3.05) is 13.1 Å². The van der Waals surface area contributed by atoms with Crippen LogP contribution in [0.1, 0.15) is 74.0 Å². The molecule has 0 radical (unpaired) electrons. The molecule has 4 aromatic rings. The molecule has 2 aromatic heterocycles. The average Bonchev–Trinajstić information content (AvgIpc) is 3.33. The molecule has 2 heterocycles. The monoisotopic (exact) mass is 627 g/mol. The third-order valence-corrected chi connectivity index (χ3v) is 7.45. The van der Waals surface area contributed by atoms with Gasteiger partial charge in [0.25, 0.3) is 17.2 Å². The van der Waals surface area contributed by atoms with Crippen LogP contribution in [-0.2, 0) is 11.3 Å². The van der Waals surface area contributed by atoms with Crippen LogP contribution >= 0.6 is 23.2 Å². The van der Waals surface area contributed by atoms with E-state index < -0.39 is 17.7 Å². The van der Waals surface area contributed by atoms with Gasteiger partial charge in [0.15, 0.2) is 0 Å². The summed E-state index contributed by atoms with van der Waals surface area (Å²) in [5.41, 5.74) is 0.801. The zero-order chi connectivity index (χ0) is 31.3. The number of carbonyl (C=O) groups is 2. The van der Waals surface area contributed by atoms with Gasteiger partial charge in [0.05, 0.1) is 28.3 Å². The van der Waals surface area contributed by atoms with Crippen LogP contribution in [0.2, 0.25) is 10.0 Å². The molecule has 2 amide bonds. The van der Waals surface area contributed by atoms with E-state index in [0.717, 1.165) is 5.56 Å². The third kappa shape index (κ3) is 7.74. The van der Waals surface area contributed by atoms with E-state index in [2.05, 4.69) is 10.5 Å². The van der Waals surface area contributed by atoms with Crippen LogP contribution in [0.3, 0.4) is 0 Å². The van der Waals surface area contributed by atoms with Crippen LogP contribution in [-0.4, -0.2) is 50.3 Å². The normalized spacial score (nSPS) is 12.3. The van der Waals surface area contributed by atoms with Crippen LogP contribution in [0.25, 0.3) is 11.1 Å². The van der Waals surface area contributed by atoms with E-state index in [4.69, 9.17) is 37.4 Å². The van der Waals surface area contributed by atoms with Crippen molar-refractivity contribution < 1.29 is 18.8 Å². The van der Waals surface area contributed by atoms with Crippen molar-refractivity contribution in [1.29, 1.82) is 0 Å². The maximum absolute atomic E-state index is 14.1. The Labute approximate surface area is 259 Å². The van der Waals surface area contributed by atoms with Gasteiger partial charge in [-0.05, 0) is 64.3 Å². The number of hydrogen-bond donors (Lipinski definition) is 1. The molecular weight excluding hydrogens is 593 g/mol. The molecule has 12 heteroatoms. The number of nitrogens with zero attached hydrogens (tertiary/aromatic N) is 4. The van der Waals surface area contributed by atoms with Gasteiger partial charge in [0.1, 0.15) is 16.8 Å². The third-order valence-electron chi connectivity index (χ3n) is 6.71. The lowest BCUT2D eigenvalue weighted by Crippen LogP contribution is -2.41. The lowest BCUT2D eigenvalue weighted by Gasteiger charge is -2.32. The highest BCUT2D eigenvalue weighted by Gasteiger charge is 2.31. The van der Waals surface area contributed by atoms with E-state index in [0.29, 0.717) is 40.3 Å². The number of aromatic nitrogens is 3. The number of fused-ring (bicyclic) bond motifs is 1. The first-order valence-electron chi connectivity index (χ1n) is 14.0. The Morgan fingerprint density at radius 2 is 1.84 bits per heavy atom. The molecule has 1 unspecified atom stereocenters. The summed E-state index contributed by atoms with van der Waals surface area (Å²) in [6, 6.07) is 13.6. The number of nitrogens with one attached hydrogen (secondary N) is 1. The van der Waals surface area contributed by atoms with Crippen LogP contribution in [0.4, 0.5) is 4.79 Å². The number of ether oxygens (including phenoxy) is 1. The van der Waals surface area contributed by atoms with Crippen LogP contribution in [0.5, 0.6) is 0 Å². The molecule has 4 rings (SSSR count). The second kappa shape index (κ2) is 13.6. The van der Waals surface area contributed by atoms with E-state index >= 15 is 0 Å². The summed E-state index contributed by atoms with van der Waals surface area (Å²) in [6.45, 7) is 9.65. The van der Waals surface area contributed by atoms with Crippen LogP contribution in [0.15, 0.2) is 57.8 Å². The SMILES string of the molecule is CCC(c1nc2onc(C)c2c(=O)n1Cc1ccccc1)N(CCCNC(=O)OC(C)(C)C)C(=O)c1ccc(Cl)c(Cl)c1. The molecule has 0 aliphatic carbocycles. The standard InChI is InChI=1S/C31H35Cl2N5O5/c1-6-24(26-35-27-25(19(2)36-43-27)29(40)38(26)18-20-11-8-7-9-12-20)37(16-10-15-34-30(41)42-31(3,4)5)28(39)21-13-14-22(32)23(33)17-21/h7-9,11-14,17,24H,6,10,15-16,18H2,1-5H3,(H,34,41). The molecule has 228 valence electrons. The number of alkyl carbamates (subject to hydrolysis) is 1. The van der Waals surface area contributed by atoms with Crippen molar-refractivity contribution in [2.24, 2.45) is 0 Å². The molecule has 0 aliphatic rings. The second-order valence-corrected chi connectivity index (χ2v) is 11.9. The fraction of sp³-hybridized carbons (Fsp3) is 0.387. The quantitative estimate of drug-likeness (QED) is 0.198. The zero-order valence-corrected chi connectivity index (χ0v) is 26.3. The number of benzene rings is 2. The van der Waals surface area contributed by atoms with Crippen molar-refractivity contribution in [1.82, 2.24) is 24.9 Å². The van der Waals surface area contributed by atoms with Gasteiger partial charge in [0, 0.05) is 18.7 Å². The topological polar surface area (TPSA) is 120 Å². The first kappa shape index (κ1) is 32.0. The number of hydrogen-bond acceptors (Lipinski definition) is 7. The smallest absolute Gasteiger partial charge is 0.407 e. The van der Waals surface area contributed by atoms with Gasteiger partial charge in [-0.15, -0.1) is 0 Å². The molecule has 43 heavy (non-hydrogen) atoms. The van der Waals surface area contributed by atoms with Gasteiger partial charge in [-0.1, -0.05) is 65.6 Å². The van der Waals surface area contributed by atoms with Gasteiger partial charge in [-0.25, -0.2) is 4.79 Å². The molecular formula is C31H35Cl2N5O5. The predicted octanol–water partition coefficient (Wildman–Crippen LogP) is 6.56. The van der Waals surface area contributed by atoms with Gasteiger partial charge in [0.2, 0.25) is 0 Å². The van der Waals surface area contributed by atoms with Crippen molar-refractivity contribution in [3.05, 3.63) is 91.6 Å². The number of amides is 2. The average molecular weight is 629 g/mol. The van der Waals surface area contributed by atoms with E-state index in [9.17, 15) is 14.4 Å². The molecule has 0 spiro atoms. The van der Waals surface area contributed by atoms with E-state index in [1.807, 2.05) is 37.3 Å². The molecule has 0 saturated carbocycles. The maximum atomic E-state index is 14.1.